The lowest BCUT2D eigenvalue weighted by molar-refractivity contribution is 0.0950. The van der Waals surface area contributed by atoms with Gasteiger partial charge in [-0.1, -0.05) is 42.5 Å². The Morgan fingerprint density at radius 2 is 1.73 bits per heavy atom. The average Bonchev–Trinajstić information content (AvgIpc) is 3.35. The zero-order valence-electron chi connectivity index (χ0n) is 20.6. The minimum Gasteiger partial charge on any atom is -0.490 e. The van der Waals surface area contributed by atoms with Gasteiger partial charge in [-0.25, -0.2) is 4.98 Å². The number of carbonyl (C=O) groups excluding carboxylic acids is 1. The van der Waals surface area contributed by atoms with Crippen LogP contribution in [0.25, 0.3) is 11.0 Å². The highest BCUT2D eigenvalue weighted by Gasteiger charge is 2.12. The highest BCUT2D eigenvalue weighted by molar-refractivity contribution is 5.94. The van der Waals surface area contributed by atoms with Crippen LogP contribution in [0, 0.1) is 0 Å². The minimum atomic E-state index is -0.172. The summed E-state index contributed by atoms with van der Waals surface area (Å²) in [5.41, 5.74) is 5.76. The van der Waals surface area contributed by atoms with Crippen molar-refractivity contribution in [2.75, 3.05) is 6.61 Å². The molecule has 0 fully saturated rings. The maximum Gasteiger partial charge on any atom is 0.251 e. The van der Waals surface area contributed by atoms with E-state index in [1.54, 1.807) is 30.6 Å². The van der Waals surface area contributed by atoms with Gasteiger partial charge >= 0.3 is 0 Å². The van der Waals surface area contributed by atoms with E-state index in [0.29, 0.717) is 36.8 Å². The van der Waals surface area contributed by atoms with Crippen LogP contribution in [0.5, 0.6) is 11.5 Å². The number of fused-ring (bicyclic) bond motifs is 1. The molecule has 5 aromatic rings. The fraction of sp³-hybridized carbons (Fsp3) is 0.167. The van der Waals surface area contributed by atoms with E-state index in [0.717, 1.165) is 28.7 Å². The molecule has 0 saturated heterocycles. The summed E-state index contributed by atoms with van der Waals surface area (Å²) >= 11 is 0. The quantitative estimate of drug-likeness (QED) is 0.283. The van der Waals surface area contributed by atoms with Crippen molar-refractivity contribution in [3.8, 4) is 11.5 Å². The summed E-state index contributed by atoms with van der Waals surface area (Å²) in [7, 11) is 0. The molecule has 7 heteroatoms. The predicted molar refractivity (Wildman–Crippen MR) is 143 cm³/mol. The monoisotopic (exact) mass is 492 g/mol. The molecular weight excluding hydrogens is 464 g/mol. The number of nitrogens with one attached hydrogen (secondary N) is 1. The van der Waals surface area contributed by atoms with Gasteiger partial charge in [0.1, 0.15) is 6.61 Å². The van der Waals surface area contributed by atoms with Gasteiger partial charge in [-0.2, -0.15) is 0 Å². The lowest BCUT2D eigenvalue weighted by Crippen LogP contribution is -2.22. The van der Waals surface area contributed by atoms with Crippen LogP contribution in [0.3, 0.4) is 0 Å². The van der Waals surface area contributed by atoms with E-state index in [-0.39, 0.29) is 5.91 Å². The van der Waals surface area contributed by atoms with Crippen molar-refractivity contribution in [2.24, 2.45) is 0 Å². The van der Waals surface area contributed by atoms with Gasteiger partial charge in [0.25, 0.3) is 5.91 Å². The molecular formula is C30H28N4O3. The minimum absolute atomic E-state index is 0.172. The molecule has 0 saturated carbocycles. The van der Waals surface area contributed by atoms with E-state index in [9.17, 15) is 4.79 Å². The number of nitrogens with zero attached hydrogens (tertiary/aromatic N) is 3. The average molecular weight is 493 g/mol. The number of carbonyl (C=O) groups is 1. The summed E-state index contributed by atoms with van der Waals surface area (Å²) < 4.78 is 13.8. The zero-order chi connectivity index (χ0) is 25.5. The van der Waals surface area contributed by atoms with Crippen LogP contribution in [0.2, 0.25) is 0 Å². The van der Waals surface area contributed by atoms with Crippen molar-refractivity contribution in [1.82, 2.24) is 19.9 Å². The second-order valence-corrected chi connectivity index (χ2v) is 8.60. The van der Waals surface area contributed by atoms with Crippen LogP contribution >= 0.6 is 0 Å². The molecule has 0 unspecified atom stereocenters. The summed E-state index contributed by atoms with van der Waals surface area (Å²) in [4.78, 5) is 21.4. The fourth-order valence-corrected chi connectivity index (χ4v) is 4.06. The Morgan fingerprint density at radius 1 is 0.892 bits per heavy atom. The first kappa shape index (κ1) is 24.1. The molecule has 1 N–H and O–H groups in total. The van der Waals surface area contributed by atoms with Gasteiger partial charge in [0.15, 0.2) is 11.5 Å². The summed E-state index contributed by atoms with van der Waals surface area (Å²) in [5, 5.41) is 2.99. The summed E-state index contributed by atoms with van der Waals surface area (Å²) in [6.45, 7) is 3.90. The Bertz CT molecular complexity index is 1480. The summed E-state index contributed by atoms with van der Waals surface area (Å²) in [6, 6.07) is 25.4. The first-order valence-electron chi connectivity index (χ1n) is 12.2. The van der Waals surface area contributed by atoms with Crippen molar-refractivity contribution >= 4 is 16.9 Å². The number of benzene rings is 3. The van der Waals surface area contributed by atoms with E-state index in [2.05, 4.69) is 38.1 Å². The molecule has 0 aliphatic carbocycles. The standard InChI is InChI=1S/C30H28N4O3/c1-2-36-29-16-25(13-14-28(29)37-20-24-6-5-15-31-17-24)30(35)32-18-22-9-11-23(12-10-22)19-34-21-33-26-7-3-4-8-27(26)34/h3-17,21H,2,18-20H2,1H3,(H,32,35). The smallest absolute Gasteiger partial charge is 0.251 e. The number of imidazole rings is 1. The Kier molecular flexibility index (Phi) is 7.41. The van der Waals surface area contributed by atoms with Crippen molar-refractivity contribution < 1.29 is 14.3 Å². The molecule has 7 nitrogen and oxygen atoms in total. The van der Waals surface area contributed by atoms with Crippen molar-refractivity contribution in [3.05, 3.63) is 120 Å². The van der Waals surface area contributed by atoms with E-state index >= 15 is 0 Å². The third-order valence-corrected chi connectivity index (χ3v) is 5.98. The molecule has 186 valence electrons. The van der Waals surface area contributed by atoms with E-state index in [4.69, 9.17) is 9.47 Å². The maximum absolute atomic E-state index is 12.8. The molecule has 1 amide bonds. The van der Waals surface area contributed by atoms with E-state index in [1.807, 2.05) is 55.7 Å². The maximum atomic E-state index is 12.8. The molecule has 3 aromatic carbocycles. The molecule has 0 bridgehead atoms. The number of hydrogen-bond acceptors (Lipinski definition) is 5. The number of amides is 1. The van der Waals surface area contributed by atoms with Gasteiger partial charge in [-0.15, -0.1) is 0 Å². The van der Waals surface area contributed by atoms with Gasteiger partial charge in [0, 0.05) is 36.6 Å². The lowest BCUT2D eigenvalue weighted by Gasteiger charge is -2.14. The molecule has 0 radical (unpaired) electrons. The van der Waals surface area contributed by atoms with Crippen LogP contribution in [0.15, 0.2) is 97.6 Å². The van der Waals surface area contributed by atoms with E-state index < -0.39 is 0 Å². The topological polar surface area (TPSA) is 78.3 Å². The highest BCUT2D eigenvalue weighted by atomic mass is 16.5. The number of pyridine rings is 1. The Labute approximate surface area is 215 Å². The van der Waals surface area contributed by atoms with Crippen LogP contribution in [0.1, 0.15) is 34.0 Å². The molecule has 2 aromatic heterocycles. The van der Waals surface area contributed by atoms with Gasteiger partial charge in [0.2, 0.25) is 0 Å². The molecule has 5 rings (SSSR count). The Hall–Kier alpha value is -4.65. The van der Waals surface area contributed by atoms with Crippen molar-refractivity contribution in [1.29, 1.82) is 0 Å². The number of para-hydroxylation sites is 2. The predicted octanol–water partition coefficient (Wildman–Crippen LogP) is 5.39. The highest BCUT2D eigenvalue weighted by Crippen LogP contribution is 2.29. The number of ether oxygens (including phenoxy) is 2. The molecule has 0 atom stereocenters. The van der Waals surface area contributed by atoms with E-state index in [1.165, 1.54) is 5.56 Å². The first-order valence-corrected chi connectivity index (χ1v) is 12.2. The number of hydrogen-bond donors (Lipinski definition) is 1. The number of rotatable bonds is 10. The lowest BCUT2D eigenvalue weighted by atomic mass is 10.1. The molecule has 0 aliphatic rings. The van der Waals surface area contributed by atoms with Gasteiger partial charge in [-0.05, 0) is 54.4 Å². The van der Waals surface area contributed by atoms with Gasteiger partial charge in [-0.3, -0.25) is 9.78 Å². The fourth-order valence-electron chi connectivity index (χ4n) is 4.06. The van der Waals surface area contributed by atoms with Crippen LogP contribution in [0.4, 0.5) is 0 Å². The molecule has 0 spiro atoms. The SMILES string of the molecule is CCOc1cc(C(=O)NCc2ccc(Cn3cnc4ccccc43)cc2)ccc1OCc1cccnc1. The molecule has 37 heavy (non-hydrogen) atoms. The van der Waals surface area contributed by atoms with Crippen LogP contribution in [-0.2, 0) is 19.7 Å². The second kappa shape index (κ2) is 11.4. The van der Waals surface area contributed by atoms with Gasteiger partial charge < -0.3 is 19.4 Å². The van der Waals surface area contributed by atoms with Crippen LogP contribution < -0.4 is 14.8 Å². The first-order chi connectivity index (χ1) is 18.2. The summed E-state index contributed by atoms with van der Waals surface area (Å²) in [5.74, 6) is 0.952. The normalized spacial score (nSPS) is 10.8. The van der Waals surface area contributed by atoms with Crippen molar-refractivity contribution in [2.45, 2.75) is 26.6 Å². The Balaban J connectivity index is 1.19. The van der Waals surface area contributed by atoms with Crippen molar-refractivity contribution in [3.63, 3.8) is 0 Å². The zero-order valence-corrected chi connectivity index (χ0v) is 20.6. The third kappa shape index (κ3) is 5.95. The third-order valence-electron chi connectivity index (χ3n) is 5.98. The molecule has 0 aliphatic heterocycles. The van der Waals surface area contributed by atoms with Gasteiger partial charge in [0.05, 0.1) is 24.0 Å². The molecule has 2 heterocycles. The second-order valence-electron chi connectivity index (χ2n) is 8.60. The summed E-state index contributed by atoms with van der Waals surface area (Å²) in [6.07, 6.45) is 5.35. The Morgan fingerprint density at radius 3 is 2.54 bits per heavy atom. The number of aromatic nitrogens is 3. The largest absolute Gasteiger partial charge is 0.490 e. The van der Waals surface area contributed by atoms with Crippen LogP contribution in [-0.4, -0.2) is 27.0 Å².